The molecule has 1 rings (SSSR count). The number of nitrogens with one attached hydrogen (secondary N) is 1. The maximum atomic E-state index is 12.5. The Labute approximate surface area is 151 Å². The van der Waals surface area contributed by atoms with E-state index in [-0.39, 0.29) is 43.4 Å². The lowest BCUT2D eigenvalue weighted by atomic mass is 10.00. The third-order valence-electron chi connectivity index (χ3n) is 3.78. The number of nitrogens with zero attached hydrogens (tertiary/aromatic N) is 1. The number of hydrogen-bond acceptors (Lipinski definition) is 3. The van der Waals surface area contributed by atoms with Crippen molar-refractivity contribution >= 4 is 24.2 Å². The molecular weight excluding hydrogens is 326 g/mol. The fraction of sp³-hybridized carbons (Fsp3) is 0.556. The first-order chi connectivity index (χ1) is 11.1. The summed E-state index contributed by atoms with van der Waals surface area (Å²) in [7, 11) is 0. The Morgan fingerprint density at radius 2 is 1.83 bits per heavy atom. The summed E-state index contributed by atoms with van der Waals surface area (Å²) >= 11 is 0. The van der Waals surface area contributed by atoms with Gasteiger partial charge in [0, 0.05) is 12.6 Å². The van der Waals surface area contributed by atoms with Gasteiger partial charge >= 0.3 is 0 Å². The molecule has 0 aromatic heterocycles. The number of halogens is 1. The second-order valence-corrected chi connectivity index (χ2v) is 5.70. The summed E-state index contributed by atoms with van der Waals surface area (Å²) in [6, 6.07) is 10.4. The highest BCUT2D eigenvalue weighted by Crippen LogP contribution is 2.15. The molecule has 0 saturated carbocycles. The third-order valence-corrected chi connectivity index (χ3v) is 3.78. The topological polar surface area (TPSA) is 75.4 Å². The van der Waals surface area contributed by atoms with Gasteiger partial charge in [0.1, 0.15) is 0 Å². The van der Waals surface area contributed by atoms with Crippen LogP contribution in [-0.4, -0.2) is 42.4 Å². The fourth-order valence-corrected chi connectivity index (χ4v) is 2.69. The quantitative estimate of drug-likeness (QED) is 0.675. The summed E-state index contributed by atoms with van der Waals surface area (Å²) in [5.74, 6) is -0.340. The van der Waals surface area contributed by atoms with Crippen LogP contribution in [0.1, 0.15) is 38.7 Å². The van der Waals surface area contributed by atoms with E-state index in [9.17, 15) is 9.59 Å². The van der Waals surface area contributed by atoms with Crippen molar-refractivity contribution in [2.45, 2.75) is 45.6 Å². The van der Waals surface area contributed by atoms with Crippen molar-refractivity contribution in [2.24, 2.45) is 5.73 Å². The molecule has 0 fully saturated rings. The molecule has 1 atom stereocenters. The highest BCUT2D eigenvalue weighted by molar-refractivity contribution is 5.86. The number of carbonyl (C=O) groups excluding carboxylic acids is 2. The minimum absolute atomic E-state index is 0. The third kappa shape index (κ3) is 7.79. The number of amides is 2. The smallest absolute Gasteiger partial charge is 0.242 e. The summed E-state index contributed by atoms with van der Waals surface area (Å²) in [5.41, 5.74) is 6.49. The van der Waals surface area contributed by atoms with Crippen LogP contribution in [-0.2, 0) is 16.0 Å². The van der Waals surface area contributed by atoms with Crippen LogP contribution in [0.4, 0.5) is 0 Å². The van der Waals surface area contributed by atoms with Crippen molar-refractivity contribution in [1.29, 1.82) is 0 Å². The van der Waals surface area contributed by atoms with E-state index in [1.54, 1.807) is 0 Å². The normalized spacial score (nSPS) is 11.3. The van der Waals surface area contributed by atoms with Crippen molar-refractivity contribution in [2.75, 3.05) is 19.6 Å². The van der Waals surface area contributed by atoms with Crippen molar-refractivity contribution in [1.82, 2.24) is 10.2 Å². The van der Waals surface area contributed by atoms with E-state index >= 15 is 0 Å². The zero-order valence-electron chi connectivity index (χ0n) is 14.7. The summed E-state index contributed by atoms with van der Waals surface area (Å²) in [6.45, 7) is 4.82. The zero-order valence-corrected chi connectivity index (χ0v) is 15.5. The monoisotopic (exact) mass is 355 g/mol. The van der Waals surface area contributed by atoms with Crippen LogP contribution in [0.25, 0.3) is 0 Å². The van der Waals surface area contributed by atoms with Crippen LogP contribution >= 0.6 is 12.4 Å². The molecule has 0 radical (unpaired) electrons. The Hall–Kier alpha value is -1.59. The van der Waals surface area contributed by atoms with Crippen LogP contribution in [0.15, 0.2) is 30.3 Å². The summed E-state index contributed by atoms with van der Waals surface area (Å²) in [4.78, 5) is 25.7. The molecule has 1 aromatic carbocycles. The Balaban J connectivity index is 0.00000529. The van der Waals surface area contributed by atoms with Gasteiger partial charge < -0.3 is 16.0 Å². The molecule has 0 aliphatic rings. The van der Waals surface area contributed by atoms with Gasteiger partial charge in [0.25, 0.3) is 0 Å². The van der Waals surface area contributed by atoms with Crippen LogP contribution in [0.5, 0.6) is 0 Å². The second-order valence-electron chi connectivity index (χ2n) is 5.70. The second kappa shape index (κ2) is 12.8. The minimum atomic E-state index is -0.301. The Bertz CT molecular complexity index is 482. The number of benzene rings is 1. The van der Waals surface area contributed by atoms with E-state index in [2.05, 4.69) is 31.3 Å². The lowest BCUT2D eigenvalue weighted by Gasteiger charge is -2.32. The van der Waals surface area contributed by atoms with Gasteiger partial charge in [-0.2, -0.15) is 0 Å². The maximum Gasteiger partial charge on any atom is 0.242 e. The van der Waals surface area contributed by atoms with Gasteiger partial charge in [-0.05, 0) is 24.8 Å². The van der Waals surface area contributed by atoms with Gasteiger partial charge in [0.2, 0.25) is 11.8 Å². The molecule has 0 aliphatic heterocycles. The lowest BCUT2D eigenvalue weighted by molar-refractivity contribution is -0.134. The minimum Gasteiger partial charge on any atom is -0.346 e. The molecule has 1 aromatic rings. The van der Waals surface area contributed by atoms with E-state index in [0.29, 0.717) is 6.54 Å². The molecule has 24 heavy (non-hydrogen) atoms. The fourth-order valence-electron chi connectivity index (χ4n) is 2.69. The first-order valence-electron chi connectivity index (χ1n) is 8.42. The predicted octanol–water partition coefficient (Wildman–Crippen LogP) is 2.13. The van der Waals surface area contributed by atoms with Gasteiger partial charge in [-0.25, -0.2) is 0 Å². The average Bonchev–Trinajstić information content (AvgIpc) is 2.57. The van der Waals surface area contributed by atoms with Crippen molar-refractivity contribution in [3.63, 3.8) is 0 Å². The molecule has 2 amide bonds. The maximum absolute atomic E-state index is 12.5. The molecular formula is C18H30ClN3O2. The van der Waals surface area contributed by atoms with Crippen LogP contribution < -0.4 is 11.1 Å². The number of carbonyl (C=O) groups is 2. The molecule has 0 saturated heterocycles. The molecule has 0 spiro atoms. The summed E-state index contributed by atoms with van der Waals surface area (Å²) in [6.07, 6.45) is 3.70. The van der Waals surface area contributed by atoms with Crippen LogP contribution in [0.2, 0.25) is 0 Å². The number of rotatable bonds is 10. The molecule has 1 unspecified atom stereocenters. The standard InChI is InChI=1S/C18H29N3O2.ClH/c1-3-8-16(12-15-9-6-5-7-10-15)21(11-4-2)18(23)14-20-17(22)13-19;/h5-7,9-10,16H,3-4,8,11-14,19H2,1-2H3,(H,20,22);1H. The van der Waals surface area contributed by atoms with Crippen LogP contribution in [0.3, 0.4) is 0 Å². The summed E-state index contributed by atoms with van der Waals surface area (Å²) in [5, 5.41) is 2.58. The zero-order chi connectivity index (χ0) is 17.1. The highest BCUT2D eigenvalue weighted by atomic mass is 35.5. The first-order valence-corrected chi connectivity index (χ1v) is 8.42. The van der Waals surface area contributed by atoms with Gasteiger partial charge in [-0.15, -0.1) is 12.4 Å². The largest absolute Gasteiger partial charge is 0.346 e. The molecule has 0 bridgehead atoms. The lowest BCUT2D eigenvalue weighted by Crippen LogP contribution is -2.47. The van der Waals surface area contributed by atoms with E-state index in [4.69, 9.17) is 5.73 Å². The van der Waals surface area contributed by atoms with Crippen molar-refractivity contribution in [3.05, 3.63) is 35.9 Å². The highest BCUT2D eigenvalue weighted by Gasteiger charge is 2.22. The predicted molar refractivity (Wildman–Crippen MR) is 100 cm³/mol. The van der Waals surface area contributed by atoms with E-state index in [1.165, 1.54) is 5.56 Å². The molecule has 6 heteroatoms. The van der Waals surface area contributed by atoms with Gasteiger partial charge in [0.05, 0.1) is 13.1 Å². The van der Waals surface area contributed by atoms with Gasteiger partial charge in [-0.1, -0.05) is 50.6 Å². The first kappa shape index (κ1) is 22.4. The van der Waals surface area contributed by atoms with E-state index in [1.807, 2.05) is 23.1 Å². The molecule has 5 nitrogen and oxygen atoms in total. The van der Waals surface area contributed by atoms with Crippen molar-refractivity contribution < 1.29 is 9.59 Å². The van der Waals surface area contributed by atoms with Crippen molar-refractivity contribution in [3.8, 4) is 0 Å². The SMILES string of the molecule is CCCC(Cc1ccccc1)N(CCC)C(=O)CNC(=O)CN.Cl. The Kier molecular flexibility index (Phi) is 11.9. The van der Waals surface area contributed by atoms with Crippen LogP contribution in [0, 0.1) is 0 Å². The molecule has 3 N–H and O–H groups in total. The Morgan fingerprint density at radius 1 is 1.17 bits per heavy atom. The number of hydrogen-bond donors (Lipinski definition) is 2. The summed E-state index contributed by atoms with van der Waals surface area (Å²) < 4.78 is 0. The van der Waals surface area contributed by atoms with E-state index in [0.717, 1.165) is 25.7 Å². The van der Waals surface area contributed by atoms with E-state index < -0.39 is 0 Å². The average molecular weight is 356 g/mol. The molecule has 136 valence electrons. The van der Waals surface area contributed by atoms with Gasteiger partial charge in [-0.3, -0.25) is 9.59 Å². The number of nitrogens with two attached hydrogens (primary N) is 1. The molecule has 0 aliphatic carbocycles. The molecule has 0 heterocycles. The van der Waals surface area contributed by atoms with Gasteiger partial charge in [0.15, 0.2) is 0 Å². The Morgan fingerprint density at radius 3 is 2.38 bits per heavy atom.